The van der Waals surface area contributed by atoms with E-state index in [0.717, 1.165) is 25.5 Å². The Labute approximate surface area is 108 Å². The van der Waals surface area contributed by atoms with Gasteiger partial charge >= 0.3 is 0 Å². The number of nitrogens with zero attached hydrogens (tertiary/aromatic N) is 3. The molecule has 0 saturated heterocycles. The SMILES string of the molecule is CCNCc1ncn(Cc2cc(C)cc(C)c2)n1. The maximum atomic E-state index is 4.45. The third-order valence-electron chi connectivity index (χ3n) is 2.74. The maximum absolute atomic E-state index is 4.45. The van der Waals surface area contributed by atoms with Gasteiger partial charge in [0.15, 0.2) is 5.82 Å². The van der Waals surface area contributed by atoms with Crippen molar-refractivity contribution in [2.75, 3.05) is 6.54 Å². The first-order valence-electron chi connectivity index (χ1n) is 6.33. The van der Waals surface area contributed by atoms with Gasteiger partial charge in [0.2, 0.25) is 0 Å². The molecule has 0 aliphatic heterocycles. The number of rotatable bonds is 5. The lowest BCUT2D eigenvalue weighted by Gasteiger charge is -2.04. The first-order chi connectivity index (χ1) is 8.67. The standard InChI is InChI=1S/C14H20N4/c1-4-15-8-14-16-10-18(17-14)9-13-6-11(2)5-12(3)7-13/h5-7,10,15H,4,8-9H2,1-3H3. The molecule has 0 aliphatic rings. The van der Waals surface area contributed by atoms with E-state index in [2.05, 4.69) is 54.4 Å². The summed E-state index contributed by atoms with van der Waals surface area (Å²) in [7, 11) is 0. The van der Waals surface area contributed by atoms with E-state index in [4.69, 9.17) is 0 Å². The Morgan fingerprint density at radius 3 is 2.56 bits per heavy atom. The average molecular weight is 244 g/mol. The van der Waals surface area contributed by atoms with Crippen molar-refractivity contribution in [3.63, 3.8) is 0 Å². The van der Waals surface area contributed by atoms with Crippen molar-refractivity contribution in [3.8, 4) is 0 Å². The zero-order chi connectivity index (χ0) is 13.0. The molecular formula is C14H20N4. The second kappa shape index (κ2) is 5.78. The van der Waals surface area contributed by atoms with Gasteiger partial charge in [-0.15, -0.1) is 0 Å². The minimum absolute atomic E-state index is 0.732. The molecule has 0 saturated carbocycles. The Morgan fingerprint density at radius 2 is 1.89 bits per heavy atom. The van der Waals surface area contributed by atoms with Gasteiger partial charge in [-0.2, -0.15) is 5.10 Å². The largest absolute Gasteiger partial charge is 0.310 e. The third-order valence-corrected chi connectivity index (χ3v) is 2.74. The molecule has 0 amide bonds. The van der Waals surface area contributed by atoms with Crippen molar-refractivity contribution >= 4 is 0 Å². The Kier molecular flexibility index (Phi) is 4.10. The highest BCUT2D eigenvalue weighted by atomic mass is 15.3. The zero-order valence-electron chi connectivity index (χ0n) is 11.3. The second-order valence-electron chi connectivity index (χ2n) is 4.63. The van der Waals surface area contributed by atoms with Gasteiger partial charge in [0.05, 0.1) is 13.1 Å². The lowest BCUT2D eigenvalue weighted by Crippen LogP contribution is -2.13. The van der Waals surface area contributed by atoms with Gasteiger partial charge in [0.25, 0.3) is 0 Å². The van der Waals surface area contributed by atoms with Gasteiger partial charge in [-0.25, -0.2) is 9.67 Å². The van der Waals surface area contributed by atoms with Crippen LogP contribution in [0.25, 0.3) is 0 Å². The van der Waals surface area contributed by atoms with Gasteiger partial charge in [-0.3, -0.25) is 0 Å². The van der Waals surface area contributed by atoms with Crippen LogP contribution in [0.4, 0.5) is 0 Å². The quantitative estimate of drug-likeness (QED) is 0.875. The lowest BCUT2D eigenvalue weighted by molar-refractivity contribution is 0.642. The molecule has 2 aromatic rings. The number of aryl methyl sites for hydroxylation is 2. The Bertz CT molecular complexity index is 496. The maximum Gasteiger partial charge on any atom is 0.164 e. The van der Waals surface area contributed by atoms with E-state index >= 15 is 0 Å². The molecule has 4 nitrogen and oxygen atoms in total. The first kappa shape index (κ1) is 12.8. The minimum Gasteiger partial charge on any atom is -0.310 e. The molecular weight excluding hydrogens is 224 g/mol. The summed E-state index contributed by atoms with van der Waals surface area (Å²) in [4.78, 5) is 4.28. The van der Waals surface area contributed by atoms with Crippen LogP contribution in [0.15, 0.2) is 24.5 Å². The Morgan fingerprint density at radius 1 is 1.17 bits per heavy atom. The van der Waals surface area contributed by atoms with E-state index in [1.54, 1.807) is 6.33 Å². The van der Waals surface area contributed by atoms with Crippen LogP contribution in [-0.2, 0) is 13.1 Å². The summed E-state index contributed by atoms with van der Waals surface area (Å²) in [5.41, 5.74) is 3.85. The molecule has 2 rings (SSSR count). The predicted octanol–water partition coefficient (Wildman–Crippen LogP) is 2.05. The molecule has 1 N–H and O–H groups in total. The van der Waals surface area contributed by atoms with Gasteiger partial charge in [0.1, 0.15) is 6.33 Å². The third kappa shape index (κ3) is 3.40. The second-order valence-corrected chi connectivity index (χ2v) is 4.63. The normalized spacial score (nSPS) is 10.8. The van der Waals surface area contributed by atoms with E-state index in [0.29, 0.717) is 0 Å². The highest BCUT2D eigenvalue weighted by Gasteiger charge is 2.02. The summed E-state index contributed by atoms with van der Waals surface area (Å²) < 4.78 is 1.89. The molecule has 4 heteroatoms. The molecule has 0 fully saturated rings. The number of hydrogen-bond donors (Lipinski definition) is 1. The monoisotopic (exact) mass is 244 g/mol. The molecule has 18 heavy (non-hydrogen) atoms. The fraction of sp³-hybridized carbons (Fsp3) is 0.429. The van der Waals surface area contributed by atoms with E-state index in [1.807, 2.05) is 4.68 Å². The fourth-order valence-electron chi connectivity index (χ4n) is 2.07. The minimum atomic E-state index is 0.732. The van der Waals surface area contributed by atoms with Crippen LogP contribution in [0.2, 0.25) is 0 Å². The number of nitrogens with one attached hydrogen (secondary N) is 1. The molecule has 1 aromatic carbocycles. The van der Waals surface area contributed by atoms with Crippen molar-refractivity contribution < 1.29 is 0 Å². The smallest absolute Gasteiger partial charge is 0.164 e. The zero-order valence-corrected chi connectivity index (χ0v) is 11.3. The predicted molar refractivity (Wildman–Crippen MR) is 72.4 cm³/mol. The molecule has 1 aromatic heterocycles. The van der Waals surface area contributed by atoms with Crippen LogP contribution in [0, 0.1) is 13.8 Å². The average Bonchev–Trinajstić information content (AvgIpc) is 2.72. The molecule has 0 radical (unpaired) electrons. The van der Waals surface area contributed by atoms with Crippen LogP contribution >= 0.6 is 0 Å². The summed E-state index contributed by atoms with van der Waals surface area (Å²) in [5.74, 6) is 0.848. The summed E-state index contributed by atoms with van der Waals surface area (Å²) in [6.07, 6.45) is 1.80. The number of hydrogen-bond acceptors (Lipinski definition) is 3. The van der Waals surface area contributed by atoms with Crippen LogP contribution < -0.4 is 5.32 Å². The molecule has 0 bridgehead atoms. The Balaban J connectivity index is 2.06. The van der Waals surface area contributed by atoms with Crippen molar-refractivity contribution in [1.82, 2.24) is 20.1 Å². The first-order valence-corrected chi connectivity index (χ1v) is 6.33. The van der Waals surface area contributed by atoms with E-state index < -0.39 is 0 Å². The topological polar surface area (TPSA) is 42.7 Å². The highest BCUT2D eigenvalue weighted by molar-refractivity contribution is 5.28. The van der Waals surface area contributed by atoms with Gasteiger partial charge in [-0.1, -0.05) is 36.2 Å². The van der Waals surface area contributed by atoms with Gasteiger partial charge in [-0.05, 0) is 26.0 Å². The summed E-state index contributed by atoms with van der Waals surface area (Å²) >= 11 is 0. The van der Waals surface area contributed by atoms with Crippen molar-refractivity contribution in [2.45, 2.75) is 33.9 Å². The van der Waals surface area contributed by atoms with Gasteiger partial charge in [0, 0.05) is 0 Å². The molecule has 96 valence electrons. The highest BCUT2D eigenvalue weighted by Crippen LogP contribution is 2.10. The van der Waals surface area contributed by atoms with E-state index in [-0.39, 0.29) is 0 Å². The molecule has 0 unspecified atom stereocenters. The van der Waals surface area contributed by atoms with Crippen LogP contribution in [0.3, 0.4) is 0 Å². The Hall–Kier alpha value is -1.68. The molecule has 0 atom stereocenters. The van der Waals surface area contributed by atoms with E-state index in [9.17, 15) is 0 Å². The van der Waals surface area contributed by atoms with E-state index in [1.165, 1.54) is 16.7 Å². The fourth-order valence-corrected chi connectivity index (χ4v) is 2.07. The summed E-state index contributed by atoms with van der Waals surface area (Å²) in [6, 6.07) is 6.57. The summed E-state index contributed by atoms with van der Waals surface area (Å²) in [6.45, 7) is 8.76. The lowest BCUT2D eigenvalue weighted by atomic mass is 10.1. The van der Waals surface area contributed by atoms with Crippen molar-refractivity contribution in [1.29, 1.82) is 0 Å². The van der Waals surface area contributed by atoms with Crippen molar-refractivity contribution in [3.05, 3.63) is 47.0 Å². The molecule has 1 heterocycles. The van der Waals surface area contributed by atoms with Crippen molar-refractivity contribution in [2.24, 2.45) is 0 Å². The number of benzene rings is 1. The van der Waals surface area contributed by atoms with Crippen LogP contribution in [0.5, 0.6) is 0 Å². The van der Waals surface area contributed by atoms with Crippen LogP contribution in [-0.4, -0.2) is 21.3 Å². The van der Waals surface area contributed by atoms with Crippen LogP contribution in [0.1, 0.15) is 29.4 Å². The molecule has 0 aliphatic carbocycles. The number of aromatic nitrogens is 3. The molecule has 0 spiro atoms. The van der Waals surface area contributed by atoms with Gasteiger partial charge < -0.3 is 5.32 Å². The summed E-state index contributed by atoms with van der Waals surface area (Å²) in [5, 5.41) is 7.67.